The van der Waals surface area contributed by atoms with E-state index in [0.717, 1.165) is 47.0 Å². The smallest absolute Gasteiger partial charge is 0.0462 e. The first-order valence-electron chi connectivity index (χ1n) is 24.1. The Bertz CT molecular complexity index is 2780. The monoisotopic (exact) mass is 874 g/mol. The van der Waals surface area contributed by atoms with Crippen molar-refractivity contribution in [3.05, 3.63) is 278 Å². The molecule has 1 aliphatic rings. The molecule has 0 N–H and O–H groups in total. The van der Waals surface area contributed by atoms with Gasteiger partial charge < -0.3 is 9.80 Å². The van der Waals surface area contributed by atoms with E-state index in [2.05, 4.69) is 277 Å². The van der Waals surface area contributed by atoms with E-state index in [1.807, 2.05) is 0 Å². The van der Waals surface area contributed by atoms with Gasteiger partial charge in [0.25, 0.3) is 0 Å². The highest BCUT2D eigenvalue weighted by Crippen LogP contribution is 2.47. The minimum Gasteiger partial charge on any atom is -0.311 e. The van der Waals surface area contributed by atoms with Gasteiger partial charge in [0.1, 0.15) is 0 Å². The van der Waals surface area contributed by atoms with Crippen molar-refractivity contribution < 1.29 is 0 Å². The van der Waals surface area contributed by atoms with E-state index < -0.39 is 0 Å². The number of rotatable bonds is 12. The predicted octanol–water partition coefficient (Wildman–Crippen LogP) is 18.5. The minimum absolute atomic E-state index is 0.0751. The third-order valence-corrected chi connectivity index (χ3v) is 14.0. The maximum absolute atomic E-state index is 2.41. The normalized spacial score (nSPS) is 13.1. The van der Waals surface area contributed by atoms with Crippen LogP contribution in [0.4, 0.5) is 34.1 Å². The molecular weight excluding hydrogens is 821 g/mol. The van der Waals surface area contributed by atoms with Crippen LogP contribution in [0.5, 0.6) is 0 Å². The van der Waals surface area contributed by atoms with Gasteiger partial charge in [0, 0.05) is 39.5 Å². The second-order valence-corrected chi connectivity index (χ2v) is 18.1. The summed E-state index contributed by atoms with van der Waals surface area (Å²) in [5.74, 6) is 0. The average Bonchev–Trinajstić information content (AvgIpc) is 3.43. The standard InChI is InChI=1S/C66H54N2/c1-6-16-50(17-7-1)54-24-36-60(37-25-54)67(61-38-26-55(27-39-61)51-18-8-2-9-19-51)64-44-32-58(33-45-64)66(48-14-5-15-49-66)59-34-46-65(47-35-59)68(62-40-28-56(29-41-62)52-20-10-3-11-21-52)63-42-30-57(31-43-63)53-22-12-4-13-23-53/h1-4,6-13,16-47H,5,14-15,48-49H2. The first-order chi connectivity index (χ1) is 33.7. The summed E-state index contributed by atoms with van der Waals surface area (Å²) in [7, 11) is 0. The Labute approximate surface area is 402 Å². The largest absolute Gasteiger partial charge is 0.311 e. The maximum atomic E-state index is 2.41. The van der Waals surface area contributed by atoms with Gasteiger partial charge in [0.2, 0.25) is 0 Å². The number of benzene rings is 10. The lowest BCUT2D eigenvalue weighted by atomic mass is 9.65. The maximum Gasteiger partial charge on any atom is 0.0462 e. The summed E-state index contributed by atoms with van der Waals surface area (Å²) in [6.07, 6.45) is 5.96. The molecule has 68 heavy (non-hydrogen) atoms. The third-order valence-electron chi connectivity index (χ3n) is 14.0. The Morgan fingerprint density at radius 3 is 0.647 bits per heavy atom. The number of nitrogens with zero attached hydrogens (tertiary/aromatic N) is 2. The zero-order chi connectivity index (χ0) is 45.5. The Kier molecular flexibility index (Phi) is 12.1. The lowest BCUT2D eigenvalue weighted by Gasteiger charge is -2.39. The van der Waals surface area contributed by atoms with E-state index in [9.17, 15) is 0 Å². The lowest BCUT2D eigenvalue weighted by Crippen LogP contribution is -2.30. The molecule has 10 aromatic rings. The van der Waals surface area contributed by atoms with Crippen LogP contribution in [0.15, 0.2) is 267 Å². The van der Waals surface area contributed by atoms with E-state index >= 15 is 0 Å². The summed E-state index contributed by atoms with van der Waals surface area (Å²) in [4.78, 5) is 4.78. The van der Waals surface area contributed by atoms with Gasteiger partial charge in [-0.25, -0.2) is 0 Å². The van der Waals surface area contributed by atoms with Gasteiger partial charge in [-0.15, -0.1) is 0 Å². The molecule has 1 fully saturated rings. The molecule has 328 valence electrons. The Hall–Kier alpha value is -8.20. The molecule has 11 rings (SSSR count). The van der Waals surface area contributed by atoms with Gasteiger partial charge in [-0.2, -0.15) is 0 Å². The van der Waals surface area contributed by atoms with Crippen molar-refractivity contribution in [1.82, 2.24) is 0 Å². The predicted molar refractivity (Wildman–Crippen MR) is 288 cm³/mol. The van der Waals surface area contributed by atoms with Crippen molar-refractivity contribution in [2.45, 2.75) is 37.5 Å². The van der Waals surface area contributed by atoms with Crippen LogP contribution in [0.1, 0.15) is 43.2 Å². The minimum atomic E-state index is -0.0751. The van der Waals surface area contributed by atoms with Crippen LogP contribution in [0, 0.1) is 0 Å². The van der Waals surface area contributed by atoms with Crippen LogP contribution in [-0.4, -0.2) is 0 Å². The molecule has 0 spiro atoms. The van der Waals surface area contributed by atoms with Crippen LogP contribution in [0.25, 0.3) is 44.5 Å². The molecule has 0 aromatic heterocycles. The average molecular weight is 875 g/mol. The summed E-state index contributed by atoms with van der Waals surface area (Å²) in [6.45, 7) is 0. The van der Waals surface area contributed by atoms with Crippen molar-refractivity contribution in [3.63, 3.8) is 0 Å². The number of hydrogen-bond acceptors (Lipinski definition) is 2. The van der Waals surface area contributed by atoms with Crippen LogP contribution in [-0.2, 0) is 5.41 Å². The molecular formula is C66H54N2. The third kappa shape index (κ3) is 8.77. The highest BCUT2D eigenvalue weighted by molar-refractivity contribution is 5.82. The molecule has 1 aliphatic carbocycles. The SMILES string of the molecule is c1ccc(-c2ccc(N(c3ccc(-c4ccccc4)cc3)c3ccc(C4(c5ccc(N(c6ccc(-c7ccccc7)cc6)c6ccc(-c7ccccc7)cc6)cc5)CCCCC4)cc3)cc2)cc1. The second-order valence-electron chi connectivity index (χ2n) is 18.1. The summed E-state index contributed by atoms with van der Waals surface area (Å²) >= 11 is 0. The van der Waals surface area contributed by atoms with Crippen molar-refractivity contribution in [1.29, 1.82) is 0 Å². The van der Waals surface area contributed by atoms with Crippen LogP contribution < -0.4 is 9.80 Å². The van der Waals surface area contributed by atoms with E-state index in [1.165, 1.54) is 74.9 Å². The second kappa shape index (κ2) is 19.3. The molecule has 0 bridgehead atoms. The van der Waals surface area contributed by atoms with Gasteiger partial charge in [0.15, 0.2) is 0 Å². The molecule has 1 saturated carbocycles. The molecule has 0 unspecified atom stereocenters. The molecule has 0 aliphatic heterocycles. The topological polar surface area (TPSA) is 6.48 Å². The lowest BCUT2D eigenvalue weighted by molar-refractivity contribution is 0.346. The number of anilines is 6. The van der Waals surface area contributed by atoms with Gasteiger partial charge in [-0.1, -0.05) is 213 Å². The molecule has 10 aromatic carbocycles. The summed E-state index contributed by atoms with van der Waals surface area (Å²) in [5, 5.41) is 0. The first kappa shape index (κ1) is 42.4. The van der Waals surface area contributed by atoms with Crippen LogP contribution >= 0.6 is 0 Å². The molecule has 2 nitrogen and oxygen atoms in total. The van der Waals surface area contributed by atoms with E-state index in [0.29, 0.717) is 0 Å². The Morgan fingerprint density at radius 2 is 0.412 bits per heavy atom. The molecule has 0 radical (unpaired) electrons. The van der Waals surface area contributed by atoms with E-state index in [-0.39, 0.29) is 5.41 Å². The highest BCUT2D eigenvalue weighted by atomic mass is 15.1. The zero-order valence-electron chi connectivity index (χ0n) is 38.3. The molecule has 0 saturated heterocycles. The summed E-state index contributed by atoms with van der Waals surface area (Å²) < 4.78 is 0. The van der Waals surface area contributed by atoms with Crippen molar-refractivity contribution >= 4 is 34.1 Å². The number of hydrogen-bond donors (Lipinski definition) is 0. The Balaban J connectivity index is 0.933. The van der Waals surface area contributed by atoms with Crippen molar-refractivity contribution in [2.75, 3.05) is 9.80 Å². The zero-order valence-corrected chi connectivity index (χ0v) is 38.3. The molecule has 0 atom stereocenters. The van der Waals surface area contributed by atoms with Gasteiger partial charge in [0.05, 0.1) is 0 Å². The Morgan fingerprint density at radius 1 is 0.206 bits per heavy atom. The van der Waals surface area contributed by atoms with Crippen molar-refractivity contribution in [3.8, 4) is 44.5 Å². The van der Waals surface area contributed by atoms with Crippen LogP contribution in [0.3, 0.4) is 0 Å². The quantitative estimate of drug-likeness (QED) is 0.121. The van der Waals surface area contributed by atoms with E-state index in [4.69, 9.17) is 0 Å². The molecule has 2 heteroatoms. The molecule has 0 heterocycles. The summed E-state index contributed by atoms with van der Waals surface area (Å²) in [5.41, 5.74) is 19.2. The van der Waals surface area contributed by atoms with Gasteiger partial charge >= 0.3 is 0 Å². The fraction of sp³-hybridized carbons (Fsp3) is 0.0909. The summed E-state index contributed by atoms with van der Waals surface area (Å²) in [6, 6.07) is 97.5. The fourth-order valence-electron chi connectivity index (χ4n) is 10.4. The van der Waals surface area contributed by atoms with Gasteiger partial charge in [-0.05, 0) is 141 Å². The van der Waals surface area contributed by atoms with Gasteiger partial charge in [-0.3, -0.25) is 0 Å². The molecule has 0 amide bonds. The first-order valence-corrected chi connectivity index (χ1v) is 24.1. The van der Waals surface area contributed by atoms with E-state index in [1.54, 1.807) is 0 Å². The fourth-order valence-corrected chi connectivity index (χ4v) is 10.4. The van der Waals surface area contributed by atoms with Crippen molar-refractivity contribution in [2.24, 2.45) is 0 Å². The highest BCUT2D eigenvalue weighted by Gasteiger charge is 2.36. The van der Waals surface area contributed by atoms with Crippen LogP contribution in [0.2, 0.25) is 0 Å².